The van der Waals surface area contributed by atoms with E-state index in [2.05, 4.69) is 5.32 Å². The fraction of sp³-hybridized carbons (Fsp3) is 0.533. The van der Waals surface area contributed by atoms with Crippen LogP contribution >= 0.6 is 23.4 Å². The predicted molar refractivity (Wildman–Crippen MR) is 86.7 cm³/mol. The Balaban J connectivity index is 2.35. The van der Waals surface area contributed by atoms with Gasteiger partial charge in [-0.05, 0) is 31.2 Å². The molecule has 0 saturated heterocycles. The van der Waals surface area contributed by atoms with Crippen LogP contribution in [0.1, 0.15) is 20.8 Å². The summed E-state index contributed by atoms with van der Waals surface area (Å²) < 4.78 is 0. The maximum atomic E-state index is 11.9. The minimum atomic E-state index is -1.24. The molecule has 6 heteroatoms. The third-order valence-electron chi connectivity index (χ3n) is 3.51. The molecule has 3 N–H and O–H groups in total. The van der Waals surface area contributed by atoms with E-state index in [1.807, 2.05) is 24.3 Å². The zero-order chi connectivity index (χ0) is 16.0. The fourth-order valence-electron chi connectivity index (χ4n) is 1.54. The van der Waals surface area contributed by atoms with Crippen molar-refractivity contribution in [1.29, 1.82) is 0 Å². The number of hydrogen-bond donors (Lipinski definition) is 3. The number of carbonyl (C=O) groups excluding carboxylic acids is 1. The Morgan fingerprint density at radius 3 is 2.43 bits per heavy atom. The third kappa shape index (κ3) is 5.51. The summed E-state index contributed by atoms with van der Waals surface area (Å²) in [6.45, 7) is 5.32. The highest BCUT2D eigenvalue weighted by atomic mass is 35.5. The summed E-state index contributed by atoms with van der Waals surface area (Å²) in [6, 6.07) is 7.47. The van der Waals surface area contributed by atoms with Gasteiger partial charge in [0.1, 0.15) is 6.10 Å². The number of aliphatic hydroxyl groups is 2. The van der Waals surface area contributed by atoms with E-state index in [0.29, 0.717) is 17.3 Å². The Labute approximate surface area is 134 Å². The summed E-state index contributed by atoms with van der Waals surface area (Å²) in [5, 5.41) is 22.9. The number of rotatable bonds is 7. The van der Waals surface area contributed by atoms with E-state index in [1.165, 1.54) is 0 Å². The van der Waals surface area contributed by atoms with Crippen LogP contribution in [0.3, 0.4) is 0 Å². The Morgan fingerprint density at radius 1 is 1.33 bits per heavy atom. The lowest BCUT2D eigenvalue weighted by Crippen LogP contribution is -2.48. The topological polar surface area (TPSA) is 69.6 Å². The molecule has 0 bridgehead atoms. The van der Waals surface area contributed by atoms with Crippen molar-refractivity contribution in [3.8, 4) is 0 Å². The monoisotopic (exact) mass is 331 g/mol. The van der Waals surface area contributed by atoms with Gasteiger partial charge in [0.15, 0.2) is 0 Å². The van der Waals surface area contributed by atoms with Crippen molar-refractivity contribution in [2.75, 3.05) is 12.3 Å². The Kier molecular flexibility index (Phi) is 7.00. The Morgan fingerprint density at radius 2 is 1.90 bits per heavy atom. The van der Waals surface area contributed by atoms with Crippen molar-refractivity contribution < 1.29 is 15.0 Å². The normalized spacial score (nSPS) is 14.6. The van der Waals surface area contributed by atoms with Crippen LogP contribution in [0.2, 0.25) is 5.02 Å². The number of nitrogens with one attached hydrogen (secondary N) is 1. The van der Waals surface area contributed by atoms with Crippen LogP contribution in [-0.2, 0) is 4.79 Å². The molecule has 0 aliphatic rings. The lowest BCUT2D eigenvalue weighted by atomic mass is 9.81. The molecule has 0 aliphatic carbocycles. The van der Waals surface area contributed by atoms with Gasteiger partial charge in [0, 0.05) is 27.6 Å². The van der Waals surface area contributed by atoms with Gasteiger partial charge in [-0.2, -0.15) is 0 Å². The number of carbonyl (C=O) groups is 1. The van der Waals surface area contributed by atoms with E-state index < -0.39 is 23.5 Å². The van der Waals surface area contributed by atoms with Crippen molar-refractivity contribution in [3.05, 3.63) is 29.3 Å². The van der Waals surface area contributed by atoms with E-state index >= 15 is 0 Å². The number of benzene rings is 1. The fourth-order valence-corrected chi connectivity index (χ4v) is 2.43. The third-order valence-corrected chi connectivity index (χ3v) is 4.78. The maximum Gasteiger partial charge on any atom is 0.249 e. The maximum absolute atomic E-state index is 11.9. The van der Waals surface area contributed by atoms with Crippen LogP contribution in [-0.4, -0.2) is 40.6 Å². The average molecular weight is 332 g/mol. The minimum Gasteiger partial charge on any atom is -0.393 e. The first-order valence-electron chi connectivity index (χ1n) is 6.77. The molecule has 0 aliphatic heterocycles. The predicted octanol–water partition coefficient (Wildman–Crippen LogP) is 2.32. The van der Waals surface area contributed by atoms with E-state index in [9.17, 15) is 15.0 Å². The highest BCUT2D eigenvalue weighted by Crippen LogP contribution is 2.25. The molecular formula is C15H22ClNO3S. The largest absolute Gasteiger partial charge is 0.393 e. The summed E-state index contributed by atoms with van der Waals surface area (Å²) in [5.74, 6) is 0.229. The lowest BCUT2D eigenvalue weighted by molar-refractivity contribution is -0.140. The highest BCUT2D eigenvalue weighted by molar-refractivity contribution is 7.99. The van der Waals surface area contributed by atoms with E-state index in [4.69, 9.17) is 11.6 Å². The Bertz CT molecular complexity index is 462. The summed E-state index contributed by atoms with van der Waals surface area (Å²) in [5.41, 5.74) is -0.882. The van der Waals surface area contributed by atoms with Gasteiger partial charge < -0.3 is 15.5 Å². The van der Waals surface area contributed by atoms with Crippen LogP contribution in [0.15, 0.2) is 29.2 Å². The van der Waals surface area contributed by atoms with Gasteiger partial charge in [0.2, 0.25) is 5.91 Å². The van der Waals surface area contributed by atoms with Gasteiger partial charge in [-0.15, -0.1) is 11.8 Å². The van der Waals surface area contributed by atoms with Crippen LogP contribution in [0.25, 0.3) is 0 Å². The summed E-state index contributed by atoms with van der Waals surface area (Å²) in [4.78, 5) is 12.9. The first kappa shape index (κ1) is 18.3. The van der Waals surface area contributed by atoms with Crippen molar-refractivity contribution >= 4 is 29.3 Å². The first-order valence-corrected chi connectivity index (χ1v) is 8.13. The van der Waals surface area contributed by atoms with E-state index in [-0.39, 0.29) is 0 Å². The molecule has 0 saturated carbocycles. The van der Waals surface area contributed by atoms with Crippen LogP contribution in [0, 0.1) is 5.41 Å². The van der Waals surface area contributed by atoms with Gasteiger partial charge in [-0.1, -0.05) is 25.4 Å². The molecule has 1 aromatic carbocycles. The SMILES string of the molecule is CC(O)C(C)(C)C(O)C(=O)NCCSc1ccc(Cl)cc1. The lowest BCUT2D eigenvalue weighted by Gasteiger charge is -2.32. The number of thioether (sulfide) groups is 1. The molecule has 21 heavy (non-hydrogen) atoms. The molecular weight excluding hydrogens is 310 g/mol. The minimum absolute atomic E-state index is 0.444. The first-order chi connectivity index (χ1) is 9.75. The highest BCUT2D eigenvalue weighted by Gasteiger charge is 2.37. The van der Waals surface area contributed by atoms with Crippen molar-refractivity contribution in [1.82, 2.24) is 5.32 Å². The molecule has 118 valence electrons. The van der Waals surface area contributed by atoms with Gasteiger partial charge in [0.25, 0.3) is 0 Å². The number of halogens is 1. The van der Waals surface area contributed by atoms with E-state index in [1.54, 1.807) is 32.5 Å². The Hall–Kier alpha value is -0.750. The molecule has 2 atom stereocenters. The van der Waals surface area contributed by atoms with Crippen molar-refractivity contribution in [3.63, 3.8) is 0 Å². The summed E-state index contributed by atoms with van der Waals surface area (Å²) in [7, 11) is 0. The molecule has 0 heterocycles. The van der Waals surface area contributed by atoms with E-state index in [0.717, 1.165) is 4.90 Å². The zero-order valence-corrected chi connectivity index (χ0v) is 14.0. The van der Waals surface area contributed by atoms with Crippen LogP contribution in [0.4, 0.5) is 0 Å². The van der Waals surface area contributed by atoms with Gasteiger partial charge in [-0.3, -0.25) is 4.79 Å². The average Bonchev–Trinajstić information content (AvgIpc) is 2.44. The second-order valence-electron chi connectivity index (χ2n) is 5.49. The van der Waals surface area contributed by atoms with Gasteiger partial charge >= 0.3 is 0 Å². The van der Waals surface area contributed by atoms with Gasteiger partial charge in [-0.25, -0.2) is 0 Å². The molecule has 0 spiro atoms. The molecule has 0 radical (unpaired) electrons. The zero-order valence-electron chi connectivity index (χ0n) is 12.5. The number of aliphatic hydroxyl groups excluding tert-OH is 2. The van der Waals surface area contributed by atoms with Crippen molar-refractivity contribution in [2.45, 2.75) is 37.9 Å². The molecule has 0 aromatic heterocycles. The second kappa shape index (κ2) is 8.03. The number of hydrogen-bond acceptors (Lipinski definition) is 4. The molecule has 1 aromatic rings. The van der Waals surface area contributed by atoms with Crippen molar-refractivity contribution in [2.24, 2.45) is 5.41 Å². The van der Waals surface area contributed by atoms with Gasteiger partial charge in [0.05, 0.1) is 6.10 Å². The molecule has 0 fully saturated rings. The number of amides is 1. The quantitative estimate of drug-likeness (QED) is 0.530. The smallest absolute Gasteiger partial charge is 0.249 e. The summed E-state index contributed by atoms with van der Waals surface area (Å²) in [6.07, 6.45) is -2.01. The van der Waals surface area contributed by atoms with Crippen LogP contribution < -0.4 is 5.32 Å². The molecule has 1 amide bonds. The standard InChI is InChI=1S/C15H22ClNO3S/c1-10(18)15(2,3)13(19)14(20)17-8-9-21-12-6-4-11(16)5-7-12/h4-7,10,13,18-19H,8-9H2,1-3H3,(H,17,20). The molecule has 4 nitrogen and oxygen atoms in total. The second-order valence-corrected chi connectivity index (χ2v) is 7.10. The molecule has 2 unspecified atom stereocenters. The summed E-state index contributed by atoms with van der Waals surface area (Å²) >= 11 is 7.40. The van der Waals surface area contributed by atoms with Crippen LogP contribution in [0.5, 0.6) is 0 Å². The molecule has 1 rings (SSSR count).